The van der Waals surface area contributed by atoms with Crippen molar-refractivity contribution in [3.05, 3.63) is 35.4 Å². The van der Waals surface area contributed by atoms with E-state index in [1.54, 1.807) is 29.2 Å². The van der Waals surface area contributed by atoms with Gasteiger partial charge in [0.1, 0.15) is 6.29 Å². The molecule has 1 aliphatic heterocycles. The number of likely N-dealkylation sites (tertiary alicyclic amines) is 1. The molecule has 86 valence electrons. The second-order valence-corrected chi connectivity index (χ2v) is 4.18. The third-order valence-electron chi connectivity index (χ3n) is 2.77. The fraction of sp³-hybridized carbons (Fsp3) is 0.417. The number of halogens is 2. The number of carbonyl (C=O) groups excluding carboxylic acids is 1. The molecule has 16 heavy (non-hydrogen) atoms. The molecule has 1 heterocycles. The van der Waals surface area contributed by atoms with Crippen LogP contribution in [0.15, 0.2) is 24.3 Å². The molecular weight excluding hydrogens is 212 g/mol. The lowest BCUT2D eigenvalue weighted by Gasteiger charge is -2.15. The molecule has 1 fully saturated rings. The molecular formula is C12H13F2NO. The van der Waals surface area contributed by atoms with E-state index in [0.717, 1.165) is 11.8 Å². The van der Waals surface area contributed by atoms with Gasteiger partial charge in [-0.25, -0.2) is 8.78 Å². The largest absolute Gasteiger partial charge is 0.298 e. The van der Waals surface area contributed by atoms with Crippen molar-refractivity contribution in [3.8, 4) is 0 Å². The van der Waals surface area contributed by atoms with Crippen LogP contribution < -0.4 is 0 Å². The molecule has 2 rings (SSSR count). The summed E-state index contributed by atoms with van der Waals surface area (Å²) in [6.45, 7) is 0.791. The van der Waals surface area contributed by atoms with Crippen LogP contribution in [-0.2, 0) is 6.54 Å². The van der Waals surface area contributed by atoms with Gasteiger partial charge in [-0.3, -0.25) is 9.69 Å². The third-order valence-corrected chi connectivity index (χ3v) is 2.77. The molecule has 1 aliphatic rings. The van der Waals surface area contributed by atoms with E-state index in [-0.39, 0.29) is 13.0 Å². The topological polar surface area (TPSA) is 20.3 Å². The molecule has 0 aromatic heterocycles. The summed E-state index contributed by atoms with van der Waals surface area (Å²) in [6, 6.07) is 7.02. The number of nitrogens with zero attached hydrogens (tertiary/aromatic N) is 1. The predicted molar refractivity (Wildman–Crippen MR) is 56.7 cm³/mol. The quantitative estimate of drug-likeness (QED) is 0.736. The molecule has 0 saturated carbocycles. The van der Waals surface area contributed by atoms with Crippen LogP contribution in [0.25, 0.3) is 0 Å². The second-order valence-electron chi connectivity index (χ2n) is 4.18. The van der Waals surface area contributed by atoms with Gasteiger partial charge in [-0.15, -0.1) is 0 Å². The van der Waals surface area contributed by atoms with Crippen molar-refractivity contribution in [1.29, 1.82) is 0 Å². The average Bonchev–Trinajstić information content (AvgIpc) is 2.59. The van der Waals surface area contributed by atoms with Gasteiger partial charge in [0.25, 0.3) is 5.92 Å². The Bertz CT molecular complexity index is 375. The molecule has 2 nitrogen and oxygen atoms in total. The molecule has 0 spiro atoms. The average molecular weight is 225 g/mol. The van der Waals surface area contributed by atoms with Crippen molar-refractivity contribution in [2.24, 2.45) is 0 Å². The zero-order valence-electron chi connectivity index (χ0n) is 8.83. The molecule has 0 N–H and O–H groups in total. The number of rotatable bonds is 3. The van der Waals surface area contributed by atoms with Crippen molar-refractivity contribution in [1.82, 2.24) is 4.90 Å². The summed E-state index contributed by atoms with van der Waals surface area (Å²) in [5.74, 6) is -2.54. The van der Waals surface area contributed by atoms with E-state index in [1.165, 1.54) is 0 Å². The minimum absolute atomic E-state index is 0.0561. The van der Waals surface area contributed by atoms with Crippen LogP contribution in [0.1, 0.15) is 22.3 Å². The summed E-state index contributed by atoms with van der Waals surface area (Å²) in [7, 11) is 0. The van der Waals surface area contributed by atoms with E-state index >= 15 is 0 Å². The van der Waals surface area contributed by atoms with Gasteiger partial charge in [-0.05, 0) is 5.56 Å². The Balaban J connectivity index is 1.97. The van der Waals surface area contributed by atoms with Crippen molar-refractivity contribution in [3.63, 3.8) is 0 Å². The molecule has 0 aliphatic carbocycles. The Morgan fingerprint density at radius 2 is 2.00 bits per heavy atom. The summed E-state index contributed by atoms with van der Waals surface area (Å²) >= 11 is 0. The van der Waals surface area contributed by atoms with Gasteiger partial charge in [-0.2, -0.15) is 0 Å². The summed E-state index contributed by atoms with van der Waals surface area (Å²) in [4.78, 5) is 12.2. The zero-order valence-corrected chi connectivity index (χ0v) is 8.83. The molecule has 0 atom stereocenters. The molecule has 1 saturated heterocycles. The number of alkyl halides is 2. The van der Waals surface area contributed by atoms with E-state index in [9.17, 15) is 13.6 Å². The fourth-order valence-electron chi connectivity index (χ4n) is 1.90. The van der Waals surface area contributed by atoms with E-state index < -0.39 is 5.92 Å². The number of hydrogen-bond acceptors (Lipinski definition) is 2. The molecule has 1 aromatic carbocycles. The minimum atomic E-state index is -2.54. The highest BCUT2D eigenvalue weighted by Gasteiger charge is 2.37. The number of hydrogen-bond donors (Lipinski definition) is 0. The van der Waals surface area contributed by atoms with Gasteiger partial charge in [-0.1, -0.05) is 24.3 Å². The van der Waals surface area contributed by atoms with Crippen LogP contribution in [0.3, 0.4) is 0 Å². The lowest BCUT2D eigenvalue weighted by molar-refractivity contribution is 0.0115. The predicted octanol–water partition coefficient (Wildman–Crippen LogP) is 2.34. The van der Waals surface area contributed by atoms with Crippen LogP contribution >= 0.6 is 0 Å². The lowest BCUT2D eigenvalue weighted by Crippen LogP contribution is -2.24. The summed E-state index contributed by atoms with van der Waals surface area (Å²) < 4.78 is 25.9. The van der Waals surface area contributed by atoms with E-state index in [1.807, 2.05) is 0 Å². The maximum atomic E-state index is 12.9. The van der Waals surface area contributed by atoms with Crippen molar-refractivity contribution in [2.45, 2.75) is 18.9 Å². The highest BCUT2D eigenvalue weighted by Crippen LogP contribution is 2.27. The number of benzene rings is 1. The number of aldehydes is 1. The maximum Gasteiger partial charge on any atom is 0.261 e. The van der Waals surface area contributed by atoms with E-state index in [4.69, 9.17) is 0 Å². The van der Waals surface area contributed by atoms with E-state index in [0.29, 0.717) is 18.7 Å². The van der Waals surface area contributed by atoms with Gasteiger partial charge >= 0.3 is 0 Å². The highest BCUT2D eigenvalue weighted by atomic mass is 19.3. The van der Waals surface area contributed by atoms with Crippen molar-refractivity contribution < 1.29 is 13.6 Å². The van der Waals surface area contributed by atoms with Crippen molar-refractivity contribution in [2.75, 3.05) is 13.1 Å². The Morgan fingerprint density at radius 3 is 2.50 bits per heavy atom. The summed E-state index contributed by atoms with van der Waals surface area (Å²) in [5.41, 5.74) is 1.57. The van der Waals surface area contributed by atoms with Crippen LogP contribution in [-0.4, -0.2) is 30.2 Å². The number of carbonyl (C=O) groups is 1. The molecule has 1 aromatic rings. The first-order chi connectivity index (χ1) is 7.59. The first-order valence-corrected chi connectivity index (χ1v) is 5.23. The van der Waals surface area contributed by atoms with Gasteiger partial charge in [0.05, 0.1) is 6.54 Å². The first kappa shape index (κ1) is 11.2. The molecule has 0 unspecified atom stereocenters. The smallest absolute Gasteiger partial charge is 0.261 e. The SMILES string of the molecule is O=Cc1ccc(CN2CCC(F)(F)C2)cc1. The minimum Gasteiger partial charge on any atom is -0.298 e. The molecule has 0 amide bonds. The van der Waals surface area contributed by atoms with Crippen LogP contribution in [0, 0.1) is 0 Å². The highest BCUT2D eigenvalue weighted by molar-refractivity contribution is 5.74. The monoisotopic (exact) mass is 225 g/mol. The Morgan fingerprint density at radius 1 is 1.31 bits per heavy atom. The van der Waals surface area contributed by atoms with Gasteiger partial charge < -0.3 is 0 Å². The Kier molecular flexibility index (Phi) is 3.01. The van der Waals surface area contributed by atoms with Crippen LogP contribution in [0.2, 0.25) is 0 Å². The summed E-state index contributed by atoms with van der Waals surface area (Å²) in [5, 5.41) is 0. The molecule has 4 heteroatoms. The zero-order chi connectivity index (χ0) is 11.6. The standard InChI is InChI=1S/C12H13F2NO/c13-12(14)5-6-15(9-12)7-10-1-3-11(8-16)4-2-10/h1-4,8H,5-7,9H2. The molecule has 0 radical (unpaired) electrons. The van der Waals surface area contributed by atoms with Gasteiger partial charge in [0.15, 0.2) is 0 Å². The second kappa shape index (κ2) is 4.29. The van der Waals surface area contributed by atoms with Crippen LogP contribution in [0.4, 0.5) is 8.78 Å². The lowest BCUT2D eigenvalue weighted by atomic mass is 10.1. The summed E-state index contributed by atoms with van der Waals surface area (Å²) in [6.07, 6.45) is 0.715. The van der Waals surface area contributed by atoms with E-state index in [2.05, 4.69) is 0 Å². The van der Waals surface area contributed by atoms with Crippen LogP contribution in [0.5, 0.6) is 0 Å². The fourth-order valence-corrected chi connectivity index (χ4v) is 1.90. The normalized spacial score (nSPS) is 19.9. The maximum absolute atomic E-state index is 12.9. The van der Waals surface area contributed by atoms with Gasteiger partial charge in [0, 0.05) is 25.1 Å². The first-order valence-electron chi connectivity index (χ1n) is 5.23. The Hall–Kier alpha value is -1.29. The van der Waals surface area contributed by atoms with Crippen molar-refractivity contribution >= 4 is 6.29 Å². The van der Waals surface area contributed by atoms with Gasteiger partial charge in [0.2, 0.25) is 0 Å². The molecule has 0 bridgehead atoms. The third kappa shape index (κ3) is 2.64. The Labute approximate surface area is 92.9 Å².